The van der Waals surface area contributed by atoms with Crippen LogP contribution >= 0.6 is 39.7 Å². The number of rotatable bonds is 5. The molecule has 1 unspecified atom stereocenters. The largest absolute Gasteiger partial charge is 0.326 e. The number of anilines is 1. The molecule has 1 heterocycles. The molecular weight excluding hydrogens is 480 g/mol. The van der Waals surface area contributed by atoms with Gasteiger partial charge in [-0.2, -0.15) is 0 Å². The summed E-state index contributed by atoms with van der Waals surface area (Å²) in [6, 6.07) is 12.4. The maximum atomic E-state index is 12.6. The van der Waals surface area contributed by atoms with Crippen molar-refractivity contribution in [3.05, 3.63) is 63.6 Å². The molecule has 3 amide bonds. The van der Waals surface area contributed by atoms with Crippen LogP contribution in [0.2, 0.25) is 5.02 Å². The van der Waals surface area contributed by atoms with Crippen molar-refractivity contribution in [1.29, 1.82) is 0 Å². The predicted molar refractivity (Wildman–Crippen MR) is 117 cm³/mol. The predicted octanol–water partition coefficient (Wildman–Crippen LogP) is 3.20. The van der Waals surface area contributed by atoms with E-state index in [9.17, 15) is 14.4 Å². The van der Waals surface area contributed by atoms with Gasteiger partial charge in [-0.05, 0) is 54.7 Å². The van der Waals surface area contributed by atoms with E-state index in [1.807, 2.05) is 0 Å². The van der Waals surface area contributed by atoms with Crippen molar-refractivity contribution in [2.45, 2.75) is 12.5 Å². The number of nitrogens with zero attached hydrogens (tertiary/aromatic N) is 2. The zero-order valence-electron chi connectivity index (χ0n) is 15.2. The average Bonchev–Trinajstić information content (AvgIpc) is 2.87. The summed E-state index contributed by atoms with van der Waals surface area (Å²) in [5.41, 5.74) is 3.53. The van der Waals surface area contributed by atoms with Gasteiger partial charge in [-0.1, -0.05) is 33.6 Å². The highest BCUT2D eigenvalue weighted by atomic mass is 79.9. The van der Waals surface area contributed by atoms with Crippen molar-refractivity contribution in [2.75, 3.05) is 12.4 Å². The van der Waals surface area contributed by atoms with E-state index in [-0.39, 0.29) is 17.4 Å². The molecule has 1 atom stereocenters. The SMILES string of the molecule is CN1C(=O)C(CC(=O)Nc2cccc(Cl)c2)N(NC(=O)c2ccc(Br)cc2)C1=S. The first-order chi connectivity index (χ1) is 13.8. The zero-order valence-corrected chi connectivity index (χ0v) is 18.3. The highest BCUT2D eigenvalue weighted by Crippen LogP contribution is 2.20. The Labute approximate surface area is 186 Å². The van der Waals surface area contributed by atoms with Crippen molar-refractivity contribution < 1.29 is 14.4 Å². The van der Waals surface area contributed by atoms with E-state index < -0.39 is 17.9 Å². The quantitative estimate of drug-likeness (QED) is 0.623. The molecule has 0 aromatic heterocycles. The Morgan fingerprint density at radius 2 is 1.90 bits per heavy atom. The van der Waals surface area contributed by atoms with Crippen LogP contribution < -0.4 is 10.7 Å². The molecule has 0 aliphatic carbocycles. The Kier molecular flexibility index (Phi) is 6.51. The summed E-state index contributed by atoms with van der Waals surface area (Å²) in [6.07, 6.45) is -0.198. The summed E-state index contributed by atoms with van der Waals surface area (Å²) in [5.74, 6) is -1.23. The maximum Gasteiger partial charge on any atom is 0.269 e. The molecule has 0 spiro atoms. The standard InChI is InChI=1S/C19H16BrClN4O3S/c1-24-18(28)15(10-16(26)22-14-4-2-3-13(21)9-14)25(19(24)29)23-17(27)11-5-7-12(20)8-6-11/h2-9,15H,10H2,1H3,(H,22,26)(H,23,27). The van der Waals surface area contributed by atoms with Gasteiger partial charge in [0.05, 0.1) is 6.42 Å². The Bertz CT molecular complexity index is 986. The average molecular weight is 496 g/mol. The fourth-order valence-corrected chi connectivity index (χ4v) is 3.47. The summed E-state index contributed by atoms with van der Waals surface area (Å²) in [5, 5.41) is 4.53. The molecule has 1 fully saturated rings. The second-order valence-electron chi connectivity index (χ2n) is 6.28. The first kappa shape index (κ1) is 21.2. The van der Waals surface area contributed by atoms with Crippen molar-refractivity contribution >= 4 is 68.3 Å². The van der Waals surface area contributed by atoms with E-state index >= 15 is 0 Å². The lowest BCUT2D eigenvalue weighted by molar-refractivity contribution is -0.130. The number of nitrogens with one attached hydrogen (secondary N) is 2. The highest BCUT2D eigenvalue weighted by molar-refractivity contribution is 9.10. The van der Waals surface area contributed by atoms with Gasteiger partial charge in [-0.3, -0.25) is 24.7 Å². The van der Waals surface area contributed by atoms with E-state index in [2.05, 4.69) is 26.7 Å². The van der Waals surface area contributed by atoms with Gasteiger partial charge >= 0.3 is 0 Å². The van der Waals surface area contributed by atoms with Gasteiger partial charge in [0, 0.05) is 27.8 Å². The third kappa shape index (κ3) is 4.92. The molecule has 0 radical (unpaired) electrons. The molecule has 2 aromatic rings. The number of thiocarbonyl (C=S) groups is 1. The Balaban J connectivity index is 1.73. The molecule has 1 aliphatic heterocycles. The molecule has 1 aliphatic rings. The van der Waals surface area contributed by atoms with Gasteiger partial charge in [-0.15, -0.1) is 0 Å². The van der Waals surface area contributed by atoms with Crippen molar-refractivity contribution in [2.24, 2.45) is 0 Å². The fraction of sp³-hybridized carbons (Fsp3) is 0.158. The molecule has 7 nitrogen and oxygen atoms in total. The highest BCUT2D eigenvalue weighted by Gasteiger charge is 2.42. The normalized spacial score (nSPS) is 16.2. The second kappa shape index (κ2) is 8.89. The molecular formula is C19H16BrClN4O3S. The zero-order chi connectivity index (χ0) is 21.1. The van der Waals surface area contributed by atoms with Crippen LogP contribution in [0, 0.1) is 0 Å². The molecule has 1 saturated heterocycles. The van der Waals surface area contributed by atoms with E-state index in [4.69, 9.17) is 23.8 Å². The van der Waals surface area contributed by atoms with E-state index in [0.717, 1.165) is 4.47 Å². The van der Waals surface area contributed by atoms with Crippen LogP contribution in [0.25, 0.3) is 0 Å². The summed E-state index contributed by atoms with van der Waals surface area (Å²) >= 11 is 14.5. The number of hydrogen-bond donors (Lipinski definition) is 2. The first-order valence-electron chi connectivity index (χ1n) is 8.49. The number of hydrazine groups is 1. The van der Waals surface area contributed by atoms with Crippen LogP contribution in [0.3, 0.4) is 0 Å². The van der Waals surface area contributed by atoms with Crippen LogP contribution in [0.1, 0.15) is 16.8 Å². The van der Waals surface area contributed by atoms with E-state index in [1.54, 1.807) is 48.5 Å². The minimum absolute atomic E-state index is 0.112. The summed E-state index contributed by atoms with van der Waals surface area (Å²) in [7, 11) is 1.50. The monoisotopic (exact) mass is 494 g/mol. The summed E-state index contributed by atoms with van der Waals surface area (Å²) < 4.78 is 0.830. The van der Waals surface area contributed by atoms with Crippen LogP contribution in [0.5, 0.6) is 0 Å². The van der Waals surface area contributed by atoms with Crippen LogP contribution in [-0.2, 0) is 9.59 Å². The number of hydrogen-bond acceptors (Lipinski definition) is 4. The van der Waals surface area contributed by atoms with Crippen LogP contribution in [0.15, 0.2) is 53.0 Å². The molecule has 150 valence electrons. The second-order valence-corrected chi connectivity index (χ2v) is 7.99. The fourth-order valence-electron chi connectivity index (χ4n) is 2.76. The number of amides is 3. The maximum absolute atomic E-state index is 12.6. The number of carbonyl (C=O) groups excluding carboxylic acids is 3. The molecule has 3 rings (SSSR count). The number of benzene rings is 2. The van der Waals surface area contributed by atoms with Gasteiger partial charge in [0.2, 0.25) is 5.91 Å². The summed E-state index contributed by atoms with van der Waals surface area (Å²) in [6.45, 7) is 0. The lowest BCUT2D eigenvalue weighted by Gasteiger charge is -2.24. The lowest BCUT2D eigenvalue weighted by Crippen LogP contribution is -2.49. The third-order valence-corrected chi connectivity index (χ3v) is 5.47. The van der Waals surface area contributed by atoms with Crippen LogP contribution in [0.4, 0.5) is 5.69 Å². The van der Waals surface area contributed by atoms with Crippen molar-refractivity contribution in [3.8, 4) is 0 Å². The topological polar surface area (TPSA) is 81.8 Å². The molecule has 0 saturated carbocycles. The van der Waals surface area contributed by atoms with Gasteiger partial charge < -0.3 is 5.32 Å². The van der Waals surface area contributed by atoms with E-state index in [0.29, 0.717) is 16.3 Å². The van der Waals surface area contributed by atoms with Gasteiger partial charge in [0.25, 0.3) is 11.8 Å². The molecule has 29 heavy (non-hydrogen) atoms. The molecule has 10 heteroatoms. The minimum Gasteiger partial charge on any atom is -0.326 e. The van der Waals surface area contributed by atoms with Crippen molar-refractivity contribution in [3.63, 3.8) is 0 Å². The van der Waals surface area contributed by atoms with E-state index in [1.165, 1.54) is 17.0 Å². The van der Waals surface area contributed by atoms with Crippen LogP contribution in [-0.4, -0.2) is 45.8 Å². The first-order valence-corrected chi connectivity index (χ1v) is 10.1. The summed E-state index contributed by atoms with van der Waals surface area (Å²) in [4.78, 5) is 38.8. The van der Waals surface area contributed by atoms with Gasteiger partial charge in [-0.25, -0.2) is 5.01 Å². The molecule has 0 bridgehead atoms. The van der Waals surface area contributed by atoms with Gasteiger partial charge in [0.1, 0.15) is 6.04 Å². The lowest BCUT2D eigenvalue weighted by atomic mass is 10.2. The molecule has 2 N–H and O–H groups in total. The number of carbonyl (C=O) groups is 3. The molecule has 2 aromatic carbocycles. The Morgan fingerprint density at radius 1 is 1.21 bits per heavy atom. The van der Waals surface area contributed by atoms with Crippen molar-refractivity contribution in [1.82, 2.24) is 15.3 Å². The minimum atomic E-state index is -0.953. The smallest absolute Gasteiger partial charge is 0.269 e. The number of halogens is 2. The number of likely N-dealkylation sites (N-methyl/N-ethyl adjacent to an activating group) is 1. The van der Waals surface area contributed by atoms with Gasteiger partial charge in [0.15, 0.2) is 5.11 Å². The Morgan fingerprint density at radius 3 is 2.55 bits per heavy atom. The third-order valence-electron chi connectivity index (χ3n) is 4.24. The Hall–Kier alpha value is -2.49.